The summed E-state index contributed by atoms with van der Waals surface area (Å²) >= 11 is 0. The second kappa shape index (κ2) is 6.48. The number of aromatic amines is 1. The van der Waals surface area contributed by atoms with Crippen LogP contribution in [-0.2, 0) is 4.74 Å². The first-order valence-electron chi connectivity index (χ1n) is 7.05. The number of esters is 1. The van der Waals surface area contributed by atoms with E-state index in [0.29, 0.717) is 33.8 Å². The minimum atomic E-state index is -0.480. The molecule has 2 rings (SSSR count). The Morgan fingerprint density at radius 3 is 2.43 bits per heavy atom. The van der Waals surface area contributed by atoms with Crippen LogP contribution in [-0.4, -0.2) is 29.8 Å². The largest absolute Gasteiger partial charge is 0.465 e. The second-order valence-electron chi connectivity index (χ2n) is 5.21. The molecular formula is C17H18N2O4. The van der Waals surface area contributed by atoms with E-state index in [9.17, 15) is 14.4 Å². The summed E-state index contributed by atoms with van der Waals surface area (Å²) in [6, 6.07) is 6.44. The van der Waals surface area contributed by atoms with E-state index < -0.39 is 5.97 Å². The van der Waals surface area contributed by atoms with E-state index in [1.54, 1.807) is 32.0 Å². The van der Waals surface area contributed by atoms with Crippen molar-refractivity contribution in [2.45, 2.75) is 20.8 Å². The van der Waals surface area contributed by atoms with Crippen LogP contribution in [0, 0.1) is 13.8 Å². The molecule has 1 aromatic heterocycles. The van der Waals surface area contributed by atoms with Crippen molar-refractivity contribution in [1.82, 2.24) is 4.98 Å². The van der Waals surface area contributed by atoms with Crippen molar-refractivity contribution in [1.29, 1.82) is 0 Å². The summed E-state index contributed by atoms with van der Waals surface area (Å²) in [6.07, 6.45) is 0. The van der Waals surface area contributed by atoms with Crippen LogP contribution >= 0.6 is 0 Å². The van der Waals surface area contributed by atoms with Crippen LogP contribution in [0.1, 0.15) is 49.4 Å². The molecule has 0 saturated carbocycles. The zero-order valence-electron chi connectivity index (χ0n) is 13.4. The van der Waals surface area contributed by atoms with E-state index in [2.05, 4.69) is 15.0 Å². The predicted octanol–water partition coefficient (Wildman–Crippen LogP) is 2.87. The van der Waals surface area contributed by atoms with Gasteiger partial charge in [0.2, 0.25) is 0 Å². The third-order valence-corrected chi connectivity index (χ3v) is 3.56. The van der Waals surface area contributed by atoms with Gasteiger partial charge in [0.05, 0.1) is 12.7 Å². The Morgan fingerprint density at radius 1 is 1.17 bits per heavy atom. The molecule has 0 bridgehead atoms. The van der Waals surface area contributed by atoms with Crippen LogP contribution in [0.25, 0.3) is 0 Å². The summed E-state index contributed by atoms with van der Waals surface area (Å²) in [7, 11) is 1.29. The fourth-order valence-corrected chi connectivity index (χ4v) is 2.54. The molecule has 120 valence electrons. The van der Waals surface area contributed by atoms with E-state index in [4.69, 9.17) is 0 Å². The highest BCUT2D eigenvalue weighted by Gasteiger charge is 2.20. The van der Waals surface area contributed by atoms with Gasteiger partial charge in [0.25, 0.3) is 5.91 Å². The minimum Gasteiger partial charge on any atom is -0.465 e. The van der Waals surface area contributed by atoms with Gasteiger partial charge in [0.15, 0.2) is 5.78 Å². The number of aryl methyl sites for hydroxylation is 1. The molecule has 0 unspecified atom stereocenters. The molecule has 23 heavy (non-hydrogen) atoms. The van der Waals surface area contributed by atoms with Gasteiger partial charge >= 0.3 is 5.97 Å². The van der Waals surface area contributed by atoms with E-state index in [-0.39, 0.29) is 11.7 Å². The van der Waals surface area contributed by atoms with Crippen LogP contribution < -0.4 is 5.32 Å². The first kappa shape index (κ1) is 16.5. The normalized spacial score (nSPS) is 10.3. The summed E-state index contributed by atoms with van der Waals surface area (Å²) in [4.78, 5) is 38.5. The van der Waals surface area contributed by atoms with Crippen molar-refractivity contribution >= 4 is 23.3 Å². The third kappa shape index (κ3) is 3.31. The molecule has 1 aromatic carbocycles. The van der Waals surface area contributed by atoms with Gasteiger partial charge in [-0.2, -0.15) is 0 Å². The Hall–Kier alpha value is -2.89. The molecule has 0 spiro atoms. The van der Waals surface area contributed by atoms with Crippen molar-refractivity contribution in [2.75, 3.05) is 12.4 Å². The molecule has 2 N–H and O–H groups in total. The number of Topliss-reactive ketones (excluding diaryl/α,β-unsaturated/α-hetero) is 1. The molecule has 0 aliphatic rings. The van der Waals surface area contributed by atoms with Gasteiger partial charge in [0, 0.05) is 16.9 Å². The molecule has 6 heteroatoms. The van der Waals surface area contributed by atoms with E-state index in [0.717, 1.165) is 0 Å². The van der Waals surface area contributed by atoms with Gasteiger partial charge in [-0.1, -0.05) is 6.07 Å². The molecule has 0 fully saturated rings. The highest BCUT2D eigenvalue weighted by atomic mass is 16.5. The average Bonchev–Trinajstić information content (AvgIpc) is 2.81. The number of ether oxygens (including phenoxy) is 1. The average molecular weight is 314 g/mol. The van der Waals surface area contributed by atoms with Crippen molar-refractivity contribution in [3.8, 4) is 0 Å². The molecule has 0 aliphatic heterocycles. The molecule has 0 radical (unpaired) electrons. The molecule has 2 aromatic rings. The van der Waals surface area contributed by atoms with E-state index in [1.807, 2.05) is 0 Å². The highest BCUT2D eigenvalue weighted by molar-refractivity contribution is 6.08. The van der Waals surface area contributed by atoms with Crippen LogP contribution in [0.5, 0.6) is 0 Å². The number of anilines is 1. The van der Waals surface area contributed by atoms with Crippen LogP contribution in [0.2, 0.25) is 0 Å². The van der Waals surface area contributed by atoms with Gasteiger partial charge < -0.3 is 15.0 Å². The highest BCUT2D eigenvalue weighted by Crippen LogP contribution is 2.20. The van der Waals surface area contributed by atoms with E-state index in [1.165, 1.54) is 20.1 Å². The number of rotatable bonds is 4. The first-order valence-corrected chi connectivity index (χ1v) is 7.05. The summed E-state index contributed by atoms with van der Waals surface area (Å²) < 4.78 is 4.65. The van der Waals surface area contributed by atoms with Crippen LogP contribution in [0.4, 0.5) is 5.69 Å². The van der Waals surface area contributed by atoms with Gasteiger partial charge in [-0.05, 0) is 44.5 Å². The lowest BCUT2D eigenvalue weighted by molar-refractivity contribution is 0.0600. The van der Waals surface area contributed by atoms with Crippen LogP contribution in [0.15, 0.2) is 24.3 Å². The van der Waals surface area contributed by atoms with Gasteiger partial charge in [0.1, 0.15) is 5.69 Å². The number of hydrogen-bond acceptors (Lipinski definition) is 4. The number of methoxy groups -OCH3 is 1. The Morgan fingerprint density at radius 2 is 1.87 bits per heavy atom. The Labute approximate surface area is 133 Å². The first-order chi connectivity index (χ1) is 10.8. The van der Waals surface area contributed by atoms with Gasteiger partial charge in [-0.15, -0.1) is 0 Å². The monoisotopic (exact) mass is 314 g/mol. The SMILES string of the molecule is COC(=O)c1cccc(NC(=O)c2[nH]c(C)c(C(C)=O)c2C)c1. The summed E-state index contributed by atoms with van der Waals surface area (Å²) in [6.45, 7) is 4.93. The molecule has 1 heterocycles. The molecule has 1 amide bonds. The number of nitrogens with one attached hydrogen (secondary N) is 2. The van der Waals surface area contributed by atoms with Crippen molar-refractivity contribution < 1.29 is 19.1 Å². The number of carbonyl (C=O) groups is 3. The molecule has 0 aliphatic carbocycles. The lowest BCUT2D eigenvalue weighted by Crippen LogP contribution is -2.14. The zero-order valence-corrected chi connectivity index (χ0v) is 13.4. The maximum Gasteiger partial charge on any atom is 0.337 e. The third-order valence-electron chi connectivity index (χ3n) is 3.56. The smallest absolute Gasteiger partial charge is 0.337 e. The Bertz CT molecular complexity index is 790. The Balaban J connectivity index is 2.28. The second-order valence-corrected chi connectivity index (χ2v) is 5.21. The summed E-state index contributed by atoms with van der Waals surface area (Å²) in [5.41, 5.74) is 2.93. The van der Waals surface area contributed by atoms with Crippen molar-refractivity contribution in [3.63, 3.8) is 0 Å². The number of amides is 1. The minimum absolute atomic E-state index is 0.0945. The fraction of sp³-hybridized carbons (Fsp3) is 0.235. The molecule has 0 saturated heterocycles. The Kier molecular flexibility index (Phi) is 4.64. The number of carbonyl (C=O) groups excluding carboxylic acids is 3. The summed E-state index contributed by atoms with van der Waals surface area (Å²) in [5, 5.41) is 2.71. The predicted molar refractivity (Wildman–Crippen MR) is 86.0 cm³/mol. The van der Waals surface area contributed by atoms with Crippen molar-refractivity contribution in [2.24, 2.45) is 0 Å². The topological polar surface area (TPSA) is 88.3 Å². The molecular weight excluding hydrogens is 296 g/mol. The molecule has 0 atom stereocenters. The maximum atomic E-state index is 12.4. The standard InChI is InChI=1S/C17H18N2O4/c1-9-14(11(3)20)10(2)18-15(9)16(21)19-13-7-5-6-12(8-13)17(22)23-4/h5-8,18H,1-4H3,(H,19,21). The fourth-order valence-electron chi connectivity index (χ4n) is 2.54. The number of H-pyrrole nitrogens is 1. The lowest BCUT2D eigenvalue weighted by Gasteiger charge is -2.06. The van der Waals surface area contributed by atoms with E-state index >= 15 is 0 Å². The number of aromatic nitrogens is 1. The number of hydrogen-bond donors (Lipinski definition) is 2. The summed E-state index contributed by atoms with van der Waals surface area (Å²) in [5.74, 6) is -0.949. The maximum absolute atomic E-state index is 12.4. The van der Waals surface area contributed by atoms with Gasteiger partial charge in [-0.25, -0.2) is 4.79 Å². The van der Waals surface area contributed by atoms with Crippen LogP contribution in [0.3, 0.4) is 0 Å². The number of ketones is 1. The molecule has 6 nitrogen and oxygen atoms in total. The lowest BCUT2D eigenvalue weighted by atomic mass is 10.1. The number of benzene rings is 1. The van der Waals surface area contributed by atoms with Crippen molar-refractivity contribution in [3.05, 3.63) is 52.3 Å². The quantitative estimate of drug-likeness (QED) is 0.671. The zero-order chi connectivity index (χ0) is 17.1. The van der Waals surface area contributed by atoms with Gasteiger partial charge in [-0.3, -0.25) is 9.59 Å².